The monoisotopic (exact) mass is 319 g/mol. The van der Waals surface area contributed by atoms with Crippen LogP contribution in [0.15, 0.2) is 18.3 Å². The minimum Gasteiger partial charge on any atom is -0.322 e. The Morgan fingerprint density at radius 2 is 1.91 bits per heavy atom. The topological polar surface area (TPSA) is 43.3 Å². The molecule has 0 bridgehead atoms. The first kappa shape index (κ1) is 15.8. The van der Waals surface area contributed by atoms with Gasteiger partial charge in [0.1, 0.15) is 5.65 Å². The average Bonchev–Trinajstić information content (AvgIpc) is 2.86. The summed E-state index contributed by atoms with van der Waals surface area (Å²) in [6.45, 7) is 6.61. The summed E-state index contributed by atoms with van der Waals surface area (Å²) >= 11 is 6.22. The summed E-state index contributed by atoms with van der Waals surface area (Å²) in [4.78, 5) is 4.87. The number of aromatic nitrogens is 2. The van der Waals surface area contributed by atoms with Crippen molar-refractivity contribution in [2.24, 2.45) is 11.7 Å². The zero-order valence-electron chi connectivity index (χ0n) is 13.8. The first-order chi connectivity index (χ1) is 10.4. The molecule has 0 spiro atoms. The molecule has 0 saturated heterocycles. The van der Waals surface area contributed by atoms with E-state index in [-0.39, 0.29) is 11.5 Å². The van der Waals surface area contributed by atoms with Gasteiger partial charge < -0.3 is 10.1 Å². The van der Waals surface area contributed by atoms with Crippen LogP contribution in [0, 0.1) is 5.92 Å². The number of hydrogen-bond acceptors (Lipinski definition) is 2. The molecule has 2 N–H and O–H groups in total. The number of fused-ring (bicyclic) bond motifs is 1. The number of nitrogens with two attached hydrogens (primary N) is 1. The molecule has 1 fully saturated rings. The highest BCUT2D eigenvalue weighted by Gasteiger charge is 2.31. The van der Waals surface area contributed by atoms with E-state index in [4.69, 9.17) is 22.3 Å². The van der Waals surface area contributed by atoms with Crippen molar-refractivity contribution in [2.75, 3.05) is 0 Å². The molecule has 2 heterocycles. The van der Waals surface area contributed by atoms with E-state index in [1.54, 1.807) is 0 Å². The van der Waals surface area contributed by atoms with Gasteiger partial charge in [-0.15, -0.1) is 0 Å². The molecule has 120 valence electrons. The molecule has 1 atom stereocenters. The van der Waals surface area contributed by atoms with Gasteiger partial charge in [0.05, 0.1) is 22.5 Å². The van der Waals surface area contributed by atoms with Gasteiger partial charge in [-0.3, -0.25) is 0 Å². The van der Waals surface area contributed by atoms with Crippen molar-refractivity contribution in [3.63, 3.8) is 0 Å². The molecule has 22 heavy (non-hydrogen) atoms. The number of pyridine rings is 1. The number of imidazole rings is 1. The third-order valence-electron chi connectivity index (χ3n) is 4.80. The van der Waals surface area contributed by atoms with Crippen LogP contribution in [0.3, 0.4) is 0 Å². The lowest BCUT2D eigenvalue weighted by atomic mass is 9.80. The fourth-order valence-corrected chi connectivity index (χ4v) is 3.78. The fraction of sp³-hybridized carbons (Fsp3) is 0.611. The van der Waals surface area contributed by atoms with Gasteiger partial charge >= 0.3 is 0 Å². The first-order valence-electron chi connectivity index (χ1n) is 8.31. The molecular formula is C18H26ClN3. The minimum atomic E-state index is -0.0277. The Hall–Kier alpha value is -1.06. The van der Waals surface area contributed by atoms with Crippen LogP contribution < -0.4 is 5.73 Å². The summed E-state index contributed by atoms with van der Waals surface area (Å²) in [6.07, 6.45) is 8.32. The van der Waals surface area contributed by atoms with Crippen LogP contribution in [-0.4, -0.2) is 9.38 Å². The number of rotatable bonds is 2. The van der Waals surface area contributed by atoms with E-state index in [0.717, 1.165) is 22.1 Å². The predicted octanol–water partition coefficient (Wildman–Crippen LogP) is 4.87. The Labute approximate surface area is 137 Å². The van der Waals surface area contributed by atoms with E-state index in [1.165, 1.54) is 32.1 Å². The van der Waals surface area contributed by atoms with Gasteiger partial charge in [-0.1, -0.05) is 51.6 Å². The van der Waals surface area contributed by atoms with Crippen LogP contribution in [0.25, 0.3) is 5.65 Å². The van der Waals surface area contributed by atoms with Crippen molar-refractivity contribution in [1.29, 1.82) is 0 Å². The number of nitrogens with zero attached hydrogens (tertiary/aromatic N) is 2. The third-order valence-corrected chi connectivity index (χ3v) is 5.03. The Bertz CT molecular complexity index is 663. The highest BCUT2D eigenvalue weighted by molar-refractivity contribution is 6.30. The minimum absolute atomic E-state index is 0.0277. The molecule has 2 aromatic heterocycles. The maximum atomic E-state index is 6.72. The van der Waals surface area contributed by atoms with Crippen LogP contribution in [0.5, 0.6) is 0 Å². The van der Waals surface area contributed by atoms with Gasteiger partial charge in [0, 0.05) is 11.6 Å². The molecule has 0 aromatic carbocycles. The standard InChI is InChI=1S/C18H26ClN3/c1-18(2,3)17-16(15(20)12-7-5-4-6-8-12)22-11-13(19)9-10-14(22)21-17/h9-12,15H,4-8,20H2,1-3H3. The lowest BCUT2D eigenvalue weighted by Crippen LogP contribution is -2.28. The molecule has 1 saturated carbocycles. The lowest BCUT2D eigenvalue weighted by molar-refractivity contribution is 0.301. The smallest absolute Gasteiger partial charge is 0.137 e. The van der Waals surface area contributed by atoms with Crippen LogP contribution in [0.1, 0.15) is 70.3 Å². The first-order valence-corrected chi connectivity index (χ1v) is 8.69. The lowest BCUT2D eigenvalue weighted by Gasteiger charge is -2.29. The summed E-state index contributed by atoms with van der Waals surface area (Å²) in [6, 6.07) is 3.91. The van der Waals surface area contributed by atoms with Gasteiger partial charge in [-0.2, -0.15) is 0 Å². The quantitative estimate of drug-likeness (QED) is 0.858. The van der Waals surface area contributed by atoms with Crippen LogP contribution in [0.4, 0.5) is 0 Å². The Balaban J connectivity index is 2.13. The van der Waals surface area contributed by atoms with Gasteiger partial charge in [-0.05, 0) is 30.9 Å². The third kappa shape index (κ3) is 2.89. The Morgan fingerprint density at radius 3 is 2.55 bits per heavy atom. The number of halogens is 1. The van der Waals surface area contributed by atoms with E-state index >= 15 is 0 Å². The van der Waals surface area contributed by atoms with Crippen molar-refractivity contribution in [2.45, 2.75) is 64.3 Å². The number of hydrogen-bond donors (Lipinski definition) is 1. The molecule has 3 rings (SSSR count). The summed E-state index contributed by atoms with van der Waals surface area (Å²) in [5, 5.41) is 0.724. The second-order valence-electron chi connectivity index (χ2n) is 7.60. The van der Waals surface area contributed by atoms with E-state index in [9.17, 15) is 0 Å². The highest BCUT2D eigenvalue weighted by Crippen LogP contribution is 2.37. The van der Waals surface area contributed by atoms with Crippen molar-refractivity contribution in [3.8, 4) is 0 Å². The van der Waals surface area contributed by atoms with Crippen molar-refractivity contribution in [1.82, 2.24) is 9.38 Å². The van der Waals surface area contributed by atoms with Gasteiger partial charge in [-0.25, -0.2) is 4.98 Å². The van der Waals surface area contributed by atoms with E-state index in [0.29, 0.717) is 5.92 Å². The van der Waals surface area contributed by atoms with Crippen LogP contribution in [-0.2, 0) is 5.41 Å². The summed E-state index contributed by atoms with van der Waals surface area (Å²) in [5.41, 5.74) is 9.89. The molecule has 1 aliphatic rings. The summed E-state index contributed by atoms with van der Waals surface area (Å²) in [7, 11) is 0. The van der Waals surface area contributed by atoms with Gasteiger partial charge in [0.15, 0.2) is 0 Å². The SMILES string of the molecule is CC(C)(C)c1nc2ccc(Cl)cn2c1C(N)C1CCCCC1. The van der Waals surface area contributed by atoms with E-state index in [1.807, 2.05) is 18.3 Å². The molecule has 0 radical (unpaired) electrons. The summed E-state index contributed by atoms with van der Waals surface area (Å²) < 4.78 is 2.11. The second-order valence-corrected chi connectivity index (χ2v) is 8.03. The molecule has 0 aliphatic heterocycles. The predicted molar refractivity (Wildman–Crippen MR) is 92.4 cm³/mol. The van der Waals surface area contributed by atoms with Gasteiger partial charge in [0.2, 0.25) is 0 Å². The van der Waals surface area contributed by atoms with Crippen LogP contribution in [0.2, 0.25) is 5.02 Å². The normalized spacial score (nSPS) is 18.8. The Kier molecular flexibility index (Phi) is 4.21. The zero-order chi connectivity index (χ0) is 15.9. The fourth-order valence-electron chi connectivity index (χ4n) is 3.62. The maximum absolute atomic E-state index is 6.72. The molecule has 4 heteroatoms. The van der Waals surface area contributed by atoms with Crippen molar-refractivity contribution < 1.29 is 0 Å². The van der Waals surface area contributed by atoms with Crippen molar-refractivity contribution >= 4 is 17.2 Å². The Morgan fingerprint density at radius 1 is 1.23 bits per heavy atom. The molecule has 1 aliphatic carbocycles. The molecule has 0 amide bonds. The largest absolute Gasteiger partial charge is 0.322 e. The maximum Gasteiger partial charge on any atom is 0.137 e. The molecule has 3 nitrogen and oxygen atoms in total. The van der Waals surface area contributed by atoms with Gasteiger partial charge in [0.25, 0.3) is 0 Å². The second kappa shape index (κ2) is 5.86. The molecule has 2 aromatic rings. The highest BCUT2D eigenvalue weighted by atomic mass is 35.5. The molecule has 1 unspecified atom stereocenters. The summed E-state index contributed by atoms with van der Waals surface area (Å²) in [5.74, 6) is 0.550. The van der Waals surface area contributed by atoms with E-state index < -0.39 is 0 Å². The zero-order valence-corrected chi connectivity index (χ0v) is 14.5. The van der Waals surface area contributed by atoms with Crippen molar-refractivity contribution in [3.05, 3.63) is 34.7 Å². The molecular weight excluding hydrogens is 294 g/mol. The van der Waals surface area contributed by atoms with Crippen LogP contribution >= 0.6 is 11.6 Å². The van der Waals surface area contributed by atoms with E-state index in [2.05, 4.69) is 25.2 Å². The average molecular weight is 320 g/mol.